The van der Waals surface area contributed by atoms with Gasteiger partial charge in [0.05, 0.1) is 13.2 Å². The molecule has 3 heteroatoms. The van der Waals surface area contributed by atoms with Crippen LogP contribution in [0.15, 0.2) is 11.6 Å². The molecule has 0 aromatic rings. The fourth-order valence-electron chi connectivity index (χ4n) is 1.37. The molecule has 0 spiro atoms. The highest BCUT2D eigenvalue weighted by atomic mass is 16.5. The summed E-state index contributed by atoms with van der Waals surface area (Å²) in [6.07, 6.45) is 4.70. The van der Waals surface area contributed by atoms with Crippen molar-refractivity contribution < 1.29 is 14.3 Å². The Balaban J connectivity index is 2.55. The quantitative estimate of drug-likeness (QED) is 0.586. The molecule has 0 radical (unpaired) electrons. The molecule has 0 saturated carbocycles. The highest BCUT2D eigenvalue weighted by Crippen LogP contribution is 2.20. The van der Waals surface area contributed by atoms with Gasteiger partial charge in [-0.3, -0.25) is 0 Å². The molecule has 0 N–H and O–H groups in total. The van der Waals surface area contributed by atoms with Crippen molar-refractivity contribution in [3.63, 3.8) is 0 Å². The molecule has 0 aliphatic heterocycles. The van der Waals surface area contributed by atoms with Gasteiger partial charge in [-0.25, -0.2) is 4.79 Å². The summed E-state index contributed by atoms with van der Waals surface area (Å²) in [5, 5.41) is 0. The lowest BCUT2D eigenvalue weighted by Crippen LogP contribution is -2.19. The van der Waals surface area contributed by atoms with Crippen LogP contribution >= 0.6 is 0 Å². The standard InChI is InChI=1S/C9H14O3/c1-11-8-5-3-4-7(6-8)9(10)12-2/h4,8H,3,5-6H2,1-2H3. The summed E-state index contributed by atoms with van der Waals surface area (Å²) in [5.41, 5.74) is 0.746. The number of carbonyl (C=O) groups excluding carboxylic acids is 1. The molecule has 0 heterocycles. The zero-order valence-corrected chi connectivity index (χ0v) is 7.50. The fraction of sp³-hybridized carbons (Fsp3) is 0.667. The van der Waals surface area contributed by atoms with Gasteiger partial charge in [0.2, 0.25) is 0 Å². The molecule has 0 amide bonds. The maximum atomic E-state index is 11.1. The predicted octanol–water partition coefficient (Wildman–Crippen LogP) is 1.28. The summed E-state index contributed by atoms with van der Waals surface area (Å²) in [7, 11) is 3.07. The predicted molar refractivity (Wildman–Crippen MR) is 44.7 cm³/mol. The normalized spacial score (nSPS) is 23.2. The van der Waals surface area contributed by atoms with Crippen LogP contribution in [-0.4, -0.2) is 26.3 Å². The molecule has 0 aromatic carbocycles. The van der Waals surface area contributed by atoms with Crippen molar-refractivity contribution in [2.45, 2.75) is 25.4 Å². The molecule has 1 aliphatic rings. The Morgan fingerprint density at radius 2 is 2.33 bits per heavy atom. The number of esters is 1. The zero-order valence-electron chi connectivity index (χ0n) is 7.50. The second-order valence-electron chi connectivity index (χ2n) is 2.86. The van der Waals surface area contributed by atoms with Crippen LogP contribution in [0.3, 0.4) is 0 Å². The highest BCUT2D eigenvalue weighted by molar-refractivity contribution is 5.88. The first kappa shape index (κ1) is 9.26. The van der Waals surface area contributed by atoms with Crippen molar-refractivity contribution in [2.75, 3.05) is 14.2 Å². The van der Waals surface area contributed by atoms with Crippen LogP contribution in [0, 0.1) is 0 Å². The molecule has 3 nitrogen and oxygen atoms in total. The van der Waals surface area contributed by atoms with E-state index in [1.807, 2.05) is 6.08 Å². The van der Waals surface area contributed by atoms with E-state index in [1.165, 1.54) is 7.11 Å². The van der Waals surface area contributed by atoms with Gasteiger partial charge in [0.15, 0.2) is 0 Å². The van der Waals surface area contributed by atoms with Gasteiger partial charge < -0.3 is 9.47 Å². The van der Waals surface area contributed by atoms with E-state index in [1.54, 1.807) is 7.11 Å². The molecule has 0 aromatic heterocycles. The third-order valence-corrected chi connectivity index (χ3v) is 2.11. The lowest BCUT2D eigenvalue weighted by molar-refractivity contribution is -0.136. The zero-order chi connectivity index (χ0) is 8.97. The van der Waals surface area contributed by atoms with Gasteiger partial charge in [0.25, 0.3) is 0 Å². The number of hydrogen-bond acceptors (Lipinski definition) is 3. The van der Waals surface area contributed by atoms with Gasteiger partial charge in [0.1, 0.15) is 0 Å². The van der Waals surface area contributed by atoms with Crippen molar-refractivity contribution in [3.05, 3.63) is 11.6 Å². The van der Waals surface area contributed by atoms with E-state index < -0.39 is 0 Å². The van der Waals surface area contributed by atoms with E-state index >= 15 is 0 Å². The number of methoxy groups -OCH3 is 2. The van der Waals surface area contributed by atoms with Gasteiger partial charge >= 0.3 is 5.97 Å². The van der Waals surface area contributed by atoms with Crippen molar-refractivity contribution >= 4 is 5.97 Å². The minimum absolute atomic E-state index is 0.184. The topological polar surface area (TPSA) is 35.5 Å². The van der Waals surface area contributed by atoms with Crippen LogP contribution < -0.4 is 0 Å². The molecule has 1 aliphatic carbocycles. The lowest BCUT2D eigenvalue weighted by Gasteiger charge is -2.19. The average Bonchev–Trinajstić information content (AvgIpc) is 2.17. The number of rotatable bonds is 2. The summed E-state index contributed by atoms with van der Waals surface area (Å²) >= 11 is 0. The van der Waals surface area contributed by atoms with Gasteiger partial charge in [-0.2, -0.15) is 0 Å². The Bertz CT molecular complexity index is 196. The average molecular weight is 170 g/mol. The number of ether oxygens (including phenoxy) is 2. The smallest absolute Gasteiger partial charge is 0.333 e. The van der Waals surface area contributed by atoms with E-state index in [9.17, 15) is 4.79 Å². The first-order valence-corrected chi connectivity index (χ1v) is 4.08. The third kappa shape index (κ3) is 2.08. The van der Waals surface area contributed by atoms with Crippen molar-refractivity contribution in [2.24, 2.45) is 0 Å². The number of hydrogen-bond donors (Lipinski definition) is 0. The molecular weight excluding hydrogens is 156 g/mol. The molecular formula is C9H14O3. The Morgan fingerprint density at radius 1 is 1.58 bits per heavy atom. The number of carbonyl (C=O) groups is 1. The molecule has 1 rings (SSSR count). The van der Waals surface area contributed by atoms with Gasteiger partial charge in [-0.05, 0) is 12.8 Å². The molecule has 0 fully saturated rings. The monoisotopic (exact) mass is 170 g/mol. The minimum atomic E-state index is -0.225. The van der Waals surface area contributed by atoms with Crippen LogP contribution in [0.4, 0.5) is 0 Å². The summed E-state index contributed by atoms with van der Waals surface area (Å²) in [5.74, 6) is -0.225. The Morgan fingerprint density at radius 3 is 2.92 bits per heavy atom. The van der Waals surface area contributed by atoms with Crippen LogP contribution in [-0.2, 0) is 14.3 Å². The molecule has 0 bridgehead atoms. The van der Waals surface area contributed by atoms with Gasteiger partial charge in [0, 0.05) is 19.1 Å². The summed E-state index contributed by atoms with van der Waals surface area (Å²) in [6, 6.07) is 0. The van der Waals surface area contributed by atoms with Gasteiger partial charge in [-0.15, -0.1) is 0 Å². The molecule has 1 unspecified atom stereocenters. The largest absolute Gasteiger partial charge is 0.466 e. The second kappa shape index (κ2) is 4.26. The highest BCUT2D eigenvalue weighted by Gasteiger charge is 2.19. The van der Waals surface area contributed by atoms with Crippen molar-refractivity contribution in [1.82, 2.24) is 0 Å². The molecule has 1 atom stereocenters. The SMILES string of the molecule is COC(=O)C1=CCCC(OC)C1. The van der Waals surface area contributed by atoms with Gasteiger partial charge in [-0.1, -0.05) is 6.08 Å². The minimum Gasteiger partial charge on any atom is -0.466 e. The first-order chi connectivity index (χ1) is 5.77. The van der Waals surface area contributed by atoms with Crippen molar-refractivity contribution in [3.8, 4) is 0 Å². The summed E-state index contributed by atoms with van der Waals surface area (Å²) in [4.78, 5) is 11.1. The Kier molecular flexibility index (Phi) is 3.29. The maximum Gasteiger partial charge on any atom is 0.333 e. The maximum absolute atomic E-state index is 11.1. The fourth-order valence-corrected chi connectivity index (χ4v) is 1.37. The summed E-state index contributed by atoms with van der Waals surface area (Å²) in [6.45, 7) is 0. The van der Waals surface area contributed by atoms with Crippen LogP contribution in [0.2, 0.25) is 0 Å². The lowest BCUT2D eigenvalue weighted by atomic mass is 9.97. The first-order valence-electron chi connectivity index (χ1n) is 4.08. The second-order valence-corrected chi connectivity index (χ2v) is 2.86. The van der Waals surface area contributed by atoms with Crippen molar-refractivity contribution in [1.29, 1.82) is 0 Å². The summed E-state index contributed by atoms with van der Waals surface area (Å²) < 4.78 is 9.79. The van der Waals surface area contributed by atoms with E-state index in [-0.39, 0.29) is 12.1 Å². The van der Waals surface area contributed by atoms with E-state index in [0.717, 1.165) is 18.4 Å². The molecule has 68 valence electrons. The van der Waals surface area contributed by atoms with Crippen LogP contribution in [0.5, 0.6) is 0 Å². The van der Waals surface area contributed by atoms with Crippen LogP contribution in [0.25, 0.3) is 0 Å². The Labute approximate surface area is 72.4 Å². The third-order valence-electron chi connectivity index (χ3n) is 2.11. The van der Waals surface area contributed by atoms with E-state index in [2.05, 4.69) is 4.74 Å². The Hall–Kier alpha value is -0.830. The van der Waals surface area contributed by atoms with E-state index in [4.69, 9.17) is 4.74 Å². The van der Waals surface area contributed by atoms with E-state index in [0.29, 0.717) is 6.42 Å². The van der Waals surface area contributed by atoms with Crippen LogP contribution in [0.1, 0.15) is 19.3 Å². The number of allylic oxidation sites excluding steroid dienone is 1. The molecule has 12 heavy (non-hydrogen) atoms. The molecule has 0 saturated heterocycles.